The fraction of sp³-hybridized carbons (Fsp3) is 0.333. The number of rotatable bonds is 4. The van der Waals surface area contributed by atoms with Crippen LogP contribution in [0.5, 0.6) is 0 Å². The molecule has 0 aliphatic carbocycles. The number of hydrogen-bond donors (Lipinski definition) is 2. The minimum atomic E-state index is 0.141. The van der Waals surface area contributed by atoms with Gasteiger partial charge in [-0.1, -0.05) is 0 Å². The Labute approximate surface area is 103 Å². The van der Waals surface area contributed by atoms with E-state index < -0.39 is 0 Å². The Kier molecular flexibility index (Phi) is 3.38. The van der Waals surface area contributed by atoms with E-state index >= 15 is 0 Å². The molecule has 0 spiro atoms. The molecule has 2 aromatic rings. The molecule has 17 heavy (non-hydrogen) atoms. The SMILES string of the molecule is CCNc1nc(Cl)nc(Nc2cnn(C)c2)n1. The van der Waals surface area contributed by atoms with E-state index in [1.54, 1.807) is 10.9 Å². The smallest absolute Gasteiger partial charge is 0.233 e. The third kappa shape index (κ3) is 3.04. The molecule has 0 saturated carbocycles. The van der Waals surface area contributed by atoms with Gasteiger partial charge >= 0.3 is 0 Å². The van der Waals surface area contributed by atoms with E-state index in [1.807, 2.05) is 20.2 Å². The van der Waals surface area contributed by atoms with Crippen molar-refractivity contribution in [3.8, 4) is 0 Å². The second-order valence-corrected chi connectivity index (χ2v) is 3.65. The van der Waals surface area contributed by atoms with Crippen molar-refractivity contribution in [2.24, 2.45) is 7.05 Å². The summed E-state index contributed by atoms with van der Waals surface area (Å²) in [5.41, 5.74) is 0.789. The first kappa shape index (κ1) is 11.6. The number of nitrogens with one attached hydrogen (secondary N) is 2. The average molecular weight is 254 g/mol. The van der Waals surface area contributed by atoms with Crippen molar-refractivity contribution in [1.82, 2.24) is 24.7 Å². The maximum atomic E-state index is 5.79. The van der Waals surface area contributed by atoms with E-state index in [9.17, 15) is 0 Å². The summed E-state index contributed by atoms with van der Waals surface area (Å²) < 4.78 is 1.68. The summed E-state index contributed by atoms with van der Waals surface area (Å²) in [6, 6.07) is 0. The van der Waals surface area contributed by atoms with Crippen LogP contribution >= 0.6 is 11.6 Å². The van der Waals surface area contributed by atoms with Gasteiger partial charge in [-0.25, -0.2) is 0 Å². The molecule has 7 nitrogen and oxygen atoms in total. The van der Waals surface area contributed by atoms with Crippen LogP contribution in [0.15, 0.2) is 12.4 Å². The highest BCUT2D eigenvalue weighted by Gasteiger charge is 2.05. The molecule has 90 valence electrons. The van der Waals surface area contributed by atoms with Crippen molar-refractivity contribution in [2.45, 2.75) is 6.92 Å². The van der Waals surface area contributed by atoms with Gasteiger partial charge in [0.05, 0.1) is 11.9 Å². The van der Waals surface area contributed by atoms with Crippen molar-refractivity contribution in [3.63, 3.8) is 0 Å². The van der Waals surface area contributed by atoms with Gasteiger partial charge in [0.1, 0.15) is 0 Å². The summed E-state index contributed by atoms with van der Waals surface area (Å²) in [6.45, 7) is 2.67. The lowest BCUT2D eigenvalue weighted by atomic mass is 10.6. The van der Waals surface area contributed by atoms with Crippen molar-refractivity contribution >= 4 is 29.2 Å². The molecule has 0 aromatic carbocycles. The molecule has 2 rings (SSSR count). The van der Waals surface area contributed by atoms with Crippen molar-refractivity contribution in [3.05, 3.63) is 17.7 Å². The number of halogens is 1. The molecular formula is C9H12ClN7. The molecule has 2 aromatic heterocycles. The van der Waals surface area contributed by atoms with Gasteiger partial charge in [-0.3, -0.25) is 4.68 Å². The Morgan fingerprint density at radius 1 is 1.29 bits per heavy atom. The quantitative estimate of drug-likeness (QED) is 0.858. The van der Waals surface area contributed by atoms with E-state index in [4.69, 9.17) is 11.6 Å². The first-order valence-corrected chi connectivity index (χ1v) is 5.46. The molecule has 0 aliphatic heterocycles. The highest BCUT2D eigenvalue weighted by atomic mass is 35.5. The molecule has 0 fully saturated rings. The first-order valence-electron chi connectivity index (χ1n) is 5.08. The molecule has 0 radical (unpaired) electrons. The minimum Gasteiger partial charge on any atom is -0.354 e. The van der Waals surface area contributed by atoms with Gasteiger partial charge in [0, 0.05) is 19.8 Å². The summed E-state index contributed by atoms with van der Waals surface area (Å²) in [5.74, 6) is 0.827. The van der Waals surface area contributed by atoms with Gasteiger partial charge in [-0.2, -0.15) is 20.1 Å². The van der Waals surface area contributed by atoms with Crippen LogP contribution in [0.25, 0.3) is 0 Å². The summed E-state index contributed by atoms with van der Waals surface area (Å²) in [5, 5.41) is 10.1. The lowest BCUT2D eigenvalue weighted by Crippen LogP contribution is -2.06. The molecule has 0 aliphatic rings. The summed E-state index contributed by atoms with van der Waals surface area (Å²) >= 11 is 5.79. The third-order valence-electron chi connectivity index (χ3n) is 1.90. The molecule has 0 bridgehead atoms. The minimum absolute atomic E-state index is 0.141. The molecule has 2 heterocycles. The number of aromatic nitrogens is 5. The number of hydrogen-bond acceptors (Lipinski definition) is 6. The molecule has 0 amide bonds. The van der Waals surface area contributed by atoms with Crippen LogP contribution in [0, 0.1) is 0 Å². The molecule has 0 atom stereocenters. The normalized spacial score (nSPS) is 10.3. The number of anilines is 3. The zero-order chi connectivity index (χ0) is 12.3. The number of nitrogens with zero attached hydrogens (tertiary/aromatic N) is 5. The Hall–Kier alpha value is -1.89. The zero-order valence-electron chi connectivity index (χ0n) is 9.48. The van der Waals surface area contributed by atoms with E-state index in [-0.39, 0.29) is 5.28 Å². The monoisotopic (exact) mass is 253 g/mol. The maximum Gasteiger partial charge on any atom is 0.233 e. The molecule has 2 N–H and O–H groups in total. The van der Waals surface area contributed by atoms with E-state index in [2.05, 4.69) is 30.7 Å². The van der Waals surface area contributed by atoms with Crippen LogP contribution in [0.4, 0.5) is 17.6 Å². The van der Waals surface area contributed by atoms with Gasteiger partial charge in [0.25, 0.3) is 0 Å². The predicted molar refractivity (Wildman–Crippen MR) is 65.5 cm³/mol. The fourth-order valence-electron chi connectivity index (χ4n) is 1.26. The highest BCUT2D eigenvalue weighted by Crippen LogP contribution is 2.14. The summed E-state index contributed by atoms with van der Waals surface area (Å²) in [4.78, 5) is 12.1. The Morgan fingerprint density at radius 2 is 2.06 bits per heavy atom. The second-order valence-electron chi connectivity index (χ2n) is 3.31. The van der Waals surface area contributed by atoms with Crippen molar-refractivity contribution < 1.29 is 0 Å². The largest absolute Gasteiger partial charge is 0.354 e. The number of aryl methyl sites for hydroxylation is 1. The lowest BCUT2D eigenvalue weighted by Gasteiger charge is -2.05. The predicted octanol–water partition coefficient (Wildman–Crippen LogP) is 1.43. The van der Waals surface area contributed by atoms with Gasteiger partial charge in [-0.15, -0.1) is 0 Å². The van der Waals surface area contributed by atoms with Crippen molar-refractivity contribution in [1.29, 1.82) is 0 Å². The first-order chi connectivity index (χ1) is 8.17. The standard InChI is InChI=1S/C9H12ClN7/c1-3-11-8-14-7(10)15-9(16-8)13-6-4-12-17(2)5-6/h4-5H,3H2,1-2H3,(H2,11,13,14,15,16). The second kappa shape index (κ2) is 4.96. The summed E-state index contributed by atoms with van der Waals surface area (Å²) in [6.07, 6.45) is 3.48. The average Bonchev–Trinajstić information content (AvgIpc) is 2.63. The molecular weight excluding hydrogens is 242 g/mol. The maximum absolute atomic E-state index is 5.79. The Morgan fingerprint density at radius 3 is 2.71 bits per heavy atom. The Bertz CT molecular complexity index is 510. The zero-order valence-corrected chi connectivity index (χ0v) is 10.2. The summed E-state index contributed by atoms with van der Waals surface area (Å²) in [7, 11) is 1.83. The van der Waals surface area contributed by atoms with Gasteiger partial charge < -0.3 is 10.6 Å². The topological polar surface area (TPSA) is 80.5 Å². The van der Waals surface area contributed by atoms with Crippen molar-refractivity contribution in [2.75, 3.05) is 17.2 Å². The van der Waals surface area contributed by atoms with Crippen LogP contribution in [-0.2, 0) is 7.05 Å². The highest BCUT2D eigenvalue weighted by molar-refractivity contribution is 6.28. The van der Waals surface area contributed by atoms with Crippen LogP contribution in [0.1, 0.15) is 6.92 Å². The van der Waals surface area contributed by atoms with Crippen LogP contribution in [-0.4, -0.2) is 31.3 Å². The molecule has 8 heteroatoms. The van der Waals surface area contributed by atoms with Crippen LogP contribution in [0.2, 0.25) is 5.28 Å². The van der Waals surface area contributed by atoms with E-state index in [0.29, 0.717) is 18.4 Å². The van der Waals surface area contributed by atoms with Gasteiger partial charge in [0.15, 0.2) is 0 Å². The van der Waals surface area contributed by atoms with Crippen LogP contribution < -0.4 is 10.6 Å². The molecule has 0 unspecified atom stereocenters. The van der Waals surface area contributed by atoms with E-state index in [0.717, 1.165) is 5.69 Å². The third-order valence-corrected chi connectivity index (χ3v) is 2.07. The van der Waals surface area contributed by atoms with Crippen LogP contribution in [0.3, 0.4) is 0 Å². The Balaban J connectivity index is 2.20. The lowest BCUT2D eigenvalue weighted by molar-refractivity contribution is 0.768. The molecule has 0 saturated heterocycles. The fourth-order valence-corrected chi connectivity index (χ4v) is 1.42. The van der Waals surface area contributed by atoms with Gasteiger partial charge in [-0.05, 0) is 18.5 Å². The van der Waals surface area contributed by atoms with E-state index in [1.165, 1.54) is 0 Å². The van der Waals surface area contributed by atoms with Gasteiger partial charge in [0.2, 0.25) is 17.2 Å².